The highest BCUT2D eigenvalue weighted by Gasteiger charge is 1.68. The van der Waals surface area contributed by atoms with Crippen molar-refractivity contribution in [3.8, 4) is 0 Å². The molecule has 4 nitrogen and oxygen atoms in total. The summed E-state index contributed by atoms with van der Waals surface area (Å²) >= 11 is 7.74. The topological polar surface area (TPSA) is 92.5 Å². The maximum absolute atomic E-state index is 7.56. The van der Waals surface area contributed by atoms with Gasteiger partial charge in [-0.25, -0.2) is 0 Å². The predicted octanol–water partition coefficient (Wildman–Crippen LogP) is 1.77. The fourth-order valence-corrected chi connectivity index (χ4v) is 0.354. The van der Waals surface area contributed by atoms with Crippen LogP contribution in [0, 0.1) is 0 Å². The summed E-state index contributed by atoms with van der Waals surface area (Å²) in [5, 5.41) is 14.1. The normalized spacial score (nSPS) is 6.92. The number of nitrogens with two attached hydrogens (primary N) is 2. The van der Waals surface area contributed by atoms with E-state index in [0.29, 0.717) is 0 Å². The number of rotatable bonds is 2. The van der Waals surface area contributed by atoms with Gasteiger partial charge in [0, 0.05) is 0 Å². The van der Waals surface area contributed by atoms with Crippen molar-refractivity contribution in [1.29, 1.82) is 0 Å². The molecular formula is C7H18N2O2S2. The highest BCUT2D eigenvalue weighted by atomic mass is 32.1. The fourth-order valence-electron chi connectivity index (χ4n) is 0.354. The van der Waals surface area contributed by atoms with E-state index in [1.807, 2.05) is 0 Å². The minimum Gasteiger partial charge on any atom is -0.487 e. The lowest BCUT2D eigenvalue weighted by atomic mass is 10.3. The molecule has 0 unspecified atom stereocenters. The van der Waals surface area contributed by atoms with Crippen molar-refractivity contribution in [2.24, 2.45) is 11.5 Å². The van der Waals surface area contributed by atoms with Gasteiger partial charge in [0.1, 0.15) is 0 Å². The molecule has 0 bridgehead atoms. The molecule has 0 saturated heterocycles. The Morgan fingerprint density at radius 2 is 1.15 bits per heavy atom. The molecule has 0 radical (unpaired) electrons. The molecule has 0 rings (SSSR count). The largest absolute Gasteiger partial charge is 0.487 e. The van der Waals surface area contributed by atoms with Crippen LogP contribution in [0.2, 0.25) is 0 Å². The fraction of sp³-hybridized carbons (Fsp3) is 0.714. The van der Waals surface area contributed by atoms with E-state index in [1.165, 1.54) is 19.3 Å². The standard InChI is InChI=1S/C5H12.2CH3NOS/c1-3-5-4-2;2*2-1(3)4/h3-5H2,1-2H3;2*(H3,2,3,4). The van der Waals surface area contributed by atoms with Crippen LogP contribution in [0.1, 0.15) is 33.1 Å². The van der Waals surface area contributed by atoms with E-state index >= 15 is 0 Å². The number of aliphatic hydroxyl groups excluding tert-OH is 2. The van der Waals surface area contributed by atoms with E-state index in [2.05, 4.69) is 49.8 Å². The van der Waals surface area contributed by atoms with E-state index in [9.17, 15) is 0 Å². The first-order valence-corrected chi connectivity index (χ1v) is 4.66. The highest BCUT2D eigenvalue weighted by Crippen LogP contribution is 1.88. The van der Waals surface area contributed by atoms with Crippen molar-refractivity contribution in [3.05, 3.63) is 0 Å². The quantitative estimate of drug-likeness (QED) is 0.536. The summed E-state index contributed by atoms with van der Waals surface area (Å²) in [6, 6.07) is 0. The molecular weight excluding hydrogens is 208 g/mol. The molecule has 80 valence electrons. The molecule has 6 heteroatoms. The SMILES string of the molecule is CCCCC.NC(O)=S.NC(O)=S. The van der Waals surface area contributed by atoms with Gasteiger partial charge in [0.25, 0.3) is 10.3 Å². The summed E-state index contributed by atoms with van der Waals surface area (Å²) in [7, 11) is 0. The predicted molar refractivity (Wildman–Crippen MR) is 64.0 cm³/mol. The third kappa shape index (κ3) is 526. The maximum atomic E-state index is 7.56. The smallest absolute Gasteiger partial charge is 0.251 e. The monoisotopic (exact) mass is 226 g/mol. The Hall–Kier alpha value is -0.620. The number of aliphatic hydroxyl groups is 2. The maximum Gasteiger partial charge on any atom is 0.251 e. The molecule has 0 aromatic heterocycles. The van der Waals surface area contributed by atoms with Crippen LogP contribution in [0.4, 0.5) is 0 Å². The molecule has 13 heavy (non-hydrogen) atoms. The van der Waals surface area contributed by atoms with Crippen LogP contribution in [-0.2, 0) is 0 Å². The number of thiocarbonyl (C=S) groups is 2. The molecule has 0 spiro atoms. The van der Waals surface area contributed by atoms with Crippen molar-refractivity contribution in [2.75, 3.05) is 0 Å². The van der Waals surface area contributed by atoms with E-state index in [-0.39, 0.29) is 0 Å². The lowest BCUT2D eigenvalue weighted by Crippen LogP contribution is -2.03. The summed E-state index contributed by atoms with van der Waals surface area (Å²) in [4.78, 5) is 0. The average Bonchev–Trinajstić information content (AvgIpc) is 1.86. The zero-order valence-electron chi connectivity index (χ0n) is 7.99. The molecule has 0 aliphatic carbocycles. The summed E-state index contributed by atoms with van der Waals surface area (Å²) < 4.78 is 0. The first-order valence-electron chi connectivity index (χ1n) is 3.85. The van der Waals surface area contributed by atoms with Crippen molar-refractivity contribution < 1.29 is 10.2 Å². The first kappa shape index (κ1) is 18.2. The van der Waals surface area contributed by atoms with Gasteiger partial charge in [-0.05, 0) is 24.4 Å². The zero-order valence-corrected chi connectivity index (χ0v) is 9.62. The lowest BCUT2D eigenvalue weighted by molar-refractivity contribution is 0.559. The number of hydrogen-bond donors (Lipinski definition) is 4. The van der Waals surface area contributed by atoms with Crippen LogP contribution in [0.25, 0.3) is 0 Å². The van der Waals surface area contributed by atoms with Crippen molar-refractivity contribution in [2.45, 2.75) is 33.1 Å². The second-order valence-electron chi connectivity index (χ2n) is 2.03. The molecule has 0 saturated carbocycles. The molecule has 0 aromatic carbocycles. The molecule has 0 aliphatic heterocycles. The van der Waals surface area contributed by atoms with Gasteiger partial charge < -0.3 is 21.7 Å². The van der Waals surface area contributed by atoms with Gasteiger partial charge in [0.2, 0.25) is 0 Å². The van der Waals surface area contributed by atoms with E-state index in [4.69, 9.17) is 10.2 Å². The second kappa shape index (κ2) is 17.5. The lowest BCUT2D eigenvalue weighted by Gasteiger charge is -1.79. The molecule has 0 fully saturated rings. The second-order valence-corrected chi connectivity index (χ2v) is 2.87. The zero-order chi connectivity index (χ0) is 11.3. The van der Waals surface area contributed by atoms with Gasteiger partial charge in [-0.2, -0.15) is 0 Å². The van der Waals surface area contributed by atoms with Crippen molar-refractivity contribution >= 4 is 34.8 Å². The Labute approximate surface area is 89.9 Å². The summed E-state index contributed by atoms with van der Waals surface area (Å²) in [5.41, 5.74) is 8.80. The van der Waals surface area contributed by atoms with Crippen LogP contribution in [0.5, 0.6) is 0 Å². The third-order valence-electron chi connectivity index (χ3n) is 0.707. The van der Waals surface area contributed by atoms with Crippen LogP contribution < -0.4 is 11.5 Å². The van der Waals surface area contributed by atoms with Crippen LogP contribution in [-0.4, -0.2) is 20.6 Å². The first-order chi connectivity index (χ1) is 5.88. The van der Waals surface area contributed by atoms with Gasteiger partial charge in [0.05, 0.1) is 0 Å². The minimum absolute atomic E-state index is 0.500. The summed E-state index contributed by atoms with van der Waals surface area (Å²) in [5.74, 6) is 0. The van der Waals surface area contributed by atoms with Crippen molar-refractivity contribution in [1.82, 2.24) is 0 Å². The Bertz CT molecular complexity index is 110. The molecule has 0 heterocycles. The third-order valence-corrected chi connectivity index (χ3v) is 0.707. The summed E-state index contributed by atoms with van der Waals surface area (Å²) in [6.45, 7) is 4.42. The minimum atomic E-state index is -0.500. The number of hydrogen-bond acceptors (Lipinski definition) is 2. The Morgan fingerprint density at radius 1 is 1.00 bits per heavy atom. The Kier molecular flexibility index (Phi) is 24.5. The molecule has 0 amide bonds. The van der Waals surface area contributed by atoms with Gasteiger partial charge in [-0.1, -0.05) is 33.1 Å². The number of unbranched alkanes of at least 4 members (excludes halogenated alkanes) is 2. The van der Waals surface area contributed by atoms with Crippen LogP contribution >= 0.6 is 24.4 Å². The highest BCUT2D eigenvalue weighted by molar-refractivity contribution is 7.80. The van der Waals surface area contributed by atoms with Crippen LogP contribution in [0.15, 0.2) is 0 Å². The Morgan fingerprint density at radius 3 is 1.15 bits per heavy atom. The summed E-state index contributed by atoms with van der Waals surface area (Å²) in [6.07, 6.45) is 4.08. The van der Waals surface area contributed by atoms with Crippen molar-refractivity contribution in [3.63, 3.8) is 0 Å². The molecule has 0 aliphatic rings. The van der Waals surface area contributed by atoms with E-state index in [0.717, 1.165) is 0 Å². The van der Waals surface area contributed by atoms with Gasteiger partial charge in [-0.3, -0.25) is 0 Å². The molecule has 0 aromatic rings. The van der Waals surface area contributed by atoms with E-state index < -0.39 is 10.3 Å². The Balaban J connectivity index is -0.000000117. The average molecular weight is 226 g/mol. The van der Waals surface area contributed by atoms with Crippen LogP contribution in [0.3, 0.4) is 0 Å². The van der Waals surface area contributed by atoms with E-state index in [1.54, 1.807) is 0 Å². The van der Waals surface area contributed by atoms with Gasteiger partial charge >= 0.3 is 0 Å². The van der Waals surface area contributed by atoms with Gasteiger partial charge in [-0.15, -0.1) is 0 Å². The van der Waals surface area contributed by atoms with Gasteiger partial charge in [0.15, 0.2) is 0 Å². The molecule has 6 N–H and O–H groups in total. The molecule has 0 atom stereocenters.